The Balaban J connectivity index is 0.879. The molecule has 0 saturated heterocycles. The summed E-state index contributed by atoms with van der Waals surface area (Å²) in [5, 5.41) is 10.9. The van der Waals surface area contributed by atoms with Crippen LogP contribution >= 0.6 is 0 Å². The summed E-state index contributed by atoms with van der Waals surface area (Å²) >= 11 is 0. The van der Waals surface area contributed by atoms with Gasteiger partial charge < -0.3 is 0 Å². The van der Waals surface area contributed by atoms with Crippen molar-refractivity contribution >= 4 is 108 Å². The van der Waals surface area contributed by atoms with Crippen LogP contribution < -0.4 is 0 Å². The topological polar surface area (TPSA) is 270 Å². The lowest BCUT2D eigenvalue weighted by atomic mass is 10.1. The van der Waals surface area contributed by atoms with E-state index in [1.165, 1.54) is 70.1 Å². The highest BCUT2D eigenvalue weighted by Gasteiger charge is 2.31. The Bertz CT molecular complexity index is 4400. The number of aryl methyl sites for hydroxylation is 1. The molecule has 0 fully saturated rings. The van der Waals surface area contributed by atoms with Crippen molar-refractivity contribution in [2.24, 2.45) is 10.2 Å². The number of benzene rings is 7. The second kappa shape index (κ2) is 13.9. The predicted octanol–water partition coefficient (Wildman–Crippen LogP) is 7.60. The third kappa shape index (κ3) is 6.52. The molecular formula is C42H30N8O12S4. The van der Waals surface area contributed by atoms with Crippen LogP contribution in [0.25, 0.3) is 67.1 Å². The number of hydrogen-bond acceptors (Lipinski definition) is 10. The average Bonchev–Trinajstić information content (AvgIpc) is 4.12. The van der Waals surface area contributed by atoms with Crippen molar-refractivity contribution < 1.29 is 51.9 Å². The summed E-state index contributed by atoms with van der Waals surface area (Å²) in [7, 11) is -18.7. The van der Waals surface area contributed by atoms with Gasteiger partial charge >= 0.3 is 0 Å². The molecule has 0 amide bonds. The van der Waals surface area contributed by atoms with E-state index in [2.05, 4.69) is 10.2 Å². The van der Waals surface area contributed by atoms with Gasteiger partial charge in [0.05, 0.1) is 27.6 Å². The molecular weight excluding hydrogens is 937 g/mol. The van der Waals surface area contributed by atoms with Gasteiger partial charge in [-0.15, -0.1) is 18.5 Å². The van der Waals surface area contributed by atoms with Crippen molar-refractivity contribution in [3.05, 3.63) is 132 Å². The van der Waals surface area contributed by atoms with Gasteiger partial charge in [-0.3, -0.25) is 18.2 Å². The number of hydrogen-bond donors (Lipinski definition) is 4. The summed E-state index contributed by atoms with van der Waals surface area (Å²) in [6.45, 7) is 1.93. The van der Waals surface area contributed by atoms with E-state index in [-0.39, 0.29) is 37.7 Å². The van der Waals surface area contributed by atoms with E-state index in [4.69, 9.17) is 0 Å². The minimum atomic E-state index is -4.88. The van der Waals surface area contributed by atoms with Crippen LogP contribution in [0.1, 0.15) is 23.6 Å². The largest absolute Gasteiger partial charge is 0.295 e. The third-order valence-corrected chi connectivity index (χ3v) is 15.1. The zero-order valence-corrected chi connectivity index (χ0v) is 36.9. The number of aromatic nitrogens is 6. The molecule has 24 heteroatoms. The zero-order valence-electron chi connectivity index (χ0n) is 33.6. The number of azo groups is 1. The van der Waals surface area contributed by atoms with Crippen molar-refractivity contribution in [2.75, 3.05) is 0 Å². The maximum absolute atomic E-state index is 12.7. The molecule has 0 bridgehead atoms. The van der Waals surface area contributed by atoms with Gasteiger partial charge in [-0.1, -0.05) is 67.6 Å². The molecule has 66 heavy (non-hydrogen) atoms. The van der Waals surface area contributed by atoms with Crippen molar-refractivity contribution in [2.45, 2.75) is 32.9 Å². The van der Waals surface area contributed by atoms with Crippen molar-refractivity contribution in [3.8, 4) is 11.4 Å². The Morgan fingerprint density at radius 1 is 0.500 bits per heavy atom. The van der Waals surface area contributed by atoms with E-state index in [1.54, 1.807) is 47.1 Å². The summed E-state index contributed by atoms with van der Waals surface area (Å²) in [4.78, 5) is 1.84. The molecule has 0 saturated carbocycles. The van der Waals surface area contributed by atoms with Gasteiger partial charge in [0.2, 0.25) is 0 Å². The Hall–Kier alpha value is -7.16. The molecule has 4 aromatic heterocycles. The van der Waals surface area contributed by atoms with Gasteiger partial charge in [0.25, 0.3) is 40.5 Å². The first-order valence-corrected chi connectivity index (χ1v) is 25.3. The fourth-order valence-corrected chi connectivity index (χ4v) is 11.1. The molecule has 0 aliphatic rings. The lowest BCUT2D eigenvalue weighted by Gasteiger charge is -2.07. The smallest absolute Gasteiger partial charge is 0.282 e. The van der Waals surface area contributed by atoms with Crippen LogP contribution in [0.5, 0.6) is 0 Å². The maximum Gasteiger partial charge on any atom is 0.295 e. The number of rotatable bonds is 11. The van der Waals surface area contributed by atoms with E-state index in [1.807, 2.05) is 39.2 Å². The fourth-order valence-electron chi connectivity index (χ4n) is 8.41. The van der Waals surface area contributed by atoms with Crippen molar-refractivity contribution in [1.29, 1.82) is 0 Å². The molecule has 0 aliphatic heterocycles. The first-order valence-electron chi connectivity index (χ1n) is 19.6. The van der Waals surface area contributed by atoms with Crippen LogP contribution in [-0.2, 0) is 46.9 Å². The second-order valence-corrected chi connectivity index (χ2v) is 21.0. The van der Waals surface area contributed by atoms with Gasteiger partial charge in [0.15, 0.2) is 0 Å². The summed E-state index contributed by atoms with van der Waals surface area (Å²) in [5.41, 5.74) is 5.13. The van der Waals surface area contributed by atoms with E-state index < -0.39 is 50.3 Å². The Labute approximate surface area is 372 Å². The van der Waals surface area contributed by atoms with Crippen LogP contribution in [0.2, 0.25) is 0 Å². The molecule has 11 aromatic rings. The first-order chi connectivity index (χ1) is 31.2. The van der Waals surface area contributed by atoms with E-state index in [0.717, 1.165) is 33.7 Å². The summed E-state index contributed by atoms with van der Waals surface area (Å²) in [6, 6.07) is 29.4. The molecule has 334 valence electrons. The molecule has 4 heterocycles. The fraction of sp³-hybridized carbons (Fsp3) is 0.0476. The highest BCUT2D eigenvalue weighted by atomic mass is 32.2. The summed E-state index contributed by atoms with van der Waals surface area (Å²) in [6.07, 6.45) is 3.05. The molecule has 0 unspecified atom stereocenters. The Morgan fingerprint density at radius 3 is 1.74 bits per heavy atom. The SMILES string of the molecule is CCc1cc(-n2n3c4ccc5cc(S(=O)(=O)O)ccc5c4n23)ccc1N=Nc1ccc(C=Cc2ccc(-n3n4c5cc(S(=O)(=O)O)c6ccccc6c5n34)cc2S(=O)(=O)O)c(S(=O)(=O)O)c1. The van der Waals surface area contributed by atoms with Crippen LogP contribution in [0.4, 0.5) is 11.4 Å². The molecule has 0 atom stereocenters. The predicted molar refractivity (Wildman–Crippen MR) is 241 cm³/mol. The standard InChI is InChI=1S/C42H30N8O12S4/c1-2-24-19-29(45-47-36-18-11-27-20-31(63(51,52)53)15-16-32(27)41(36)49(45)47)14-17-35(24)44-43-28-12-9-25(38(21-28)64(54,55)56)7-8-26-10-13-30(22-39(26)65(57,58)59)46-48-37-23-40(66(60,61)62)33-5-3-4-6-34(33)42(37)50(46)48/h3-23H,2H2,1H3,(H,51,52,53)(H,54,55,56)(H,57,58,59)(H,60,61,62). The van der Waals surface area contributed by atoms with Crippen LogP contribution in [0.15, 0.2) is 145 Å². The van der Waals surface area contributed by atoms with E-state index >= 15 is 0 Å². The van der Waals surface area contributed by atoms with Crippen LogP contribution in [0.3, 0.4) is 0 Å². The van der Waals surface area contributed by atoms with Crippen LogP contribution in [0, 0.1) is 0 Å². The minimum Gasteiger partial charge on any atom is -0.282 e. The molecule has 4 N–H and O–H groups in total. The first kappa shape index (κ1) is 41.5. The van der Waals surface area contributed by atoms with Crippen molar-refractivity contribution in [3.63, 3.8) is 0 Å². The third-order valence-electron chi connectivity index (χ3n) is 11.5. The highest BCUT2D eigenvalue weighted by molar-refractivity contribution is 7.86. The second-order valence-electron chi connectivity index (χ2n) is 15.4. The van der Waals surface area contributed by atoms with Gasteiger partial charge in [0, 0.05) is 16.2 Å². The number of nitrogens with zero attached hydrogens (tertiary/aromatic N) is 8. The van der Waals surface area contributed by atoms with Gasteiger partial charge in [-0.05, 0) is 95.2 Å². The lowest BCUT2D eigenvalue weighted by molar-refractivity contribution is 0.480. The normalized spacial score (nSPS) is 13.7. The van der Waals surface area contributed by atoms with Gasteiger partial charge in [-0.2, -0.15) is 53.5 Å². The van der Waals surface area contributed by atoms with Gasteiger partial charge in [0.1, 0.15) is 36.8 Å². The Morgan fingerprint density at radius 2 is 1.09 bits per heavy atom. The monoisotopic (exact) mass is 966 g/mol. The summed E-state index contributed by atoms with van der Waals surface area (Å²) in [5.74, 6) is 0. The number of fused-ring (bicyclic) bond motifs is 12. The van der Waals surface area contributed by atoms with Crippen molar-refractivity contribution in [1.82, 2.24) is 28.1 Å². The zero-order chi connectivity index (χ0) is 46.4. The molecule has 20 nitrogen and oxygen atoms in total. The molecule has 0 spiro atoms. The Kier molecular flexibility index (Phi) is 8.76. The molecule has 11 rings (SSSR count). The highest BCUT2D eigenvalue weighted by Crippen LogP contribution is 2.38. The van der Waals surface area contributed by atoms with Crippen LogP contribution in [-0.4, -0.2) is 80.0 Å². The maximum atomic E-state index is 12.7. The quantitative estimate of drug-likeness (QED) is 0.0555. The average molecular weight is 967 g/mol. The van der Waals surface area contributed by atoms with Gasteiger partial charge in [-0.25, -0.2) is 0 Å². The molecule has 7 aromatic carbocycles. The minimum absolute atomic E-state index is 0.0340. The molecule has 0 radical (unpaired) electrons. The van der Waals surface area contributed by atoms with E-state index in [0.29, 0.717) is 33.9 Å². The lowest BCUT2D eigenvalue weighted by Crippen LogP contribution is -2.03. The summed E-state index contributed by atoms with van der Waals surface area (Å²) < 4.78 is 145. The molecule has 0 aliphatic carbocycles. The van der Waals surface area contributed by atoms with E-state index in [9.17, 15) is 51.9 Å².